The summed E-state index contributed by atoms with van der Waals surface area (Å²) in [5.74, 6) is 5.02. The zero-order chi connectivity index (χ0) is 15.4. The molecule has 1 heterocycles. The number of hydrazine groups is 1. The van der Waals surface area contributed by atoms with Gasteiger partial charge in [0.1, 0.15) is 12.4 Å². The molecule has 0 aliphatic carbocycles. The third-order valence-corrected chi connectivity index (χ3v) is 2.90. The molecule has 8 nitrogen and oxygen atoms in total. The Morgan fingerprint density at radius 2 is 2.24 bits per heavy atom. The van der Waals surface area contributed by atoms with Crippen LogP contribution in [0.3, 0.4) is 0 Å². The first-order valence-electron chi connectivity index (χ1n) is 5.67. The van der Waals surface area contributed by atoms with Gasteiger partial charge in [-0.05, 0) is 12.1 Å². The molecule has 1 amide bonds. The zero-order valence-corrected chi connectivity index (χ0v) is 11.3. The van der Waals surface area contributed by atoms with E-state index in [0.717, 1.165) is 0 Å². The quantitative estimate of drug-likeness (QED) is 0.377. The molecule has 1 aromatic carbocycles. The van der Waals surface area contributed by atoms with Crippen LogP contribution in [-0.2, 0) is 6.61 Å². The van der Waals surface area contributed by atoms with Crippen LogP contribution in [0, 0.1) is 10.1 Å². The number of ether oxygens (including phenoxy) is 1. The summed E-state index contributed by atoms with van der Waals surface area (Å²) in [6.45, 7) is -0.0761. The van der Waals surface area contributed by atoms with Crippen LogP contribution < -0.4 is 16.0 Å². The average molecular weight is 312 g/mol. The van der Waals surface area contributed by atoms with Gasteiger partial charge in [0, 0.05) is 12.1 Å². The summed E-state index contributed by atoms with van der Waals surface area (Å²) in [5, 5.41) is 10.7. The molecule has 0 saturated carbocycles. The highest BCUT2D eigenvalue weighted by atomic mass is 35.5. The zero-order valence-electron chi connectivity index (χ0n) is 10.5. The average Bonchev–Trinajstić information content (AvgIpc) is 2.93. The second kappa shape index (κ2) is 6.25. The molecule has 0 aliphatic heterocycles. The van der Waals surface area contributed by atoms with Crippen LogP contribution in [0.4, 0.5) is 5.69 Å². The number of rotatable bonds is 5. The summed E-state index contributed by atoms with van der Waals surface area (Å²) in [6, 6.07) is 5.24. The normalized spacial score (nSPS) is 10.2. The maximum absolute atomic E-state index is 11.4. The van der Waals surface area contributed by atoms with Crippen molar-refractivity contribution in [2.24, 2.45) is 5.84 Å². The summed E-state index contributed by atoms with van der Waals surface area (Å²) in [4.78, 5) is 21.5. The van der Waals surface area contributed by atoms with Crippen molar-refractivity contribution < 1.29 is 18.9 Å². The number of nitrogens with zero attached hydrogens (tertiary/aromatic N) is 1. The van der Waals surface area contributed by atoms with Gasteiger partial charge in [-0.2, -0.15) is 0 Å². The summed E-state index contributed by atoms with van der Waals surface area (Å²) < 4.78 is 10.5. The third-order valence-electron chi connectivity index (χ3n) is 2.61. The molecule has 0 spiro atoms. The van der Waals surface area contributed by atoms with Crippen molar-refractivity contribution in [1.29, 1.82) is 0 Å². The summed E-state index contributed by atoms with van der Waals surface area (Å²) in [5.41, 5.74) is 2.07. The van der Waals surface area contributed by atoms with E-state index >= 15 is 0 Å². The van der Waals surface area contributed by atoms with Crippen LogP contribution in [0.15, 0.2) is 34.9 Å². The smallest absolute Gasteiger partial charge is 0.271 e. The van der Waals surface area contributed by atoms with Crippen molar-refractivity contribution >= 4 is 23.2 Å². The number of nitrogen functional groups attached to an aromatic ring is 1. The molecule has 0 aliphatic rings. The van der Waals surface area contributed by atoms with E-state index in [1.54, 1.807) is 0 Å². The Balaban J connectivity index is 2.12. The second-order valence-electron chi connectivity index (χ2n) is 3.89. The number of non-ortho nitro benzene ring substituents is 1. The van der Waals surface area contributed by atoms with E-state index in [-0.39, 0.29) is 34.4 Å². The van der Waals surface area contributed by atoms with Gasteiger partial charge in [0.25, 0.3) is 11.6 Å². The lowest BCUT2D eigenvalue weighted by Gasteiger charge is -2.07. The predicted octanol–water partition coefficient (Wildman–Crippen LogP) is 2.02. The number of nitro benzene ring substituents is 1. The van der Waals surface area contributed by atoms with Gasteiger partial charge in [0.05, 0.1) is 21.8 Å². The van der Waals surface area contributed by atoms with Crippen molar-refractivity contribution in [2.45, 2.75) is 6.61 Å². The van der Waals surface area contributed by atoms with Gasteiger partial charge < -0.3 is 9.15 Å². The number of halogens is 1. The first kappa shape index (κ1) is 14.8. The minimum absolute atomic E-state index is 0.0761. The minimum Gasteiger partial charge on any atom is -0.484 e. The van der Waals surface area contributed by atoms with Crippen LogP contribution in [-0.4, -0.2) is 10.8 Å². The van der Waals surface area contributed by atoms with Gasteiger partial charge in [-0.25, -0.2) is 5.84 Å². The maximum Gasteiger partial charge on any atom is 0.271 e. The van der Waals surface area contributed by atoms with E-state index in [9.17, 15) is 14.9 Å². The highest BCUT2D eigenvalue weighted by molar-refractivity contribution is 6.32. The van der Waals surface area contributed by atoms with Crippen molar-refractivity contribution in [3.63, 3.8) is 0 Å². The van der Waals surface area contributed by atoms with Crippen LogP contribution in [0.2, 0.25) is 5.02 Å². The molecule has 0 unspecified atom stereocenters. The molecule has 0 fully saturated rings. The topological polar surface area (TPSA) is 121 Å². The van der Waals surface area contributed by atoms with Gasteiger partial charge in [-0.15, -0.1) is 0 Å². The van der Waals surface area contributed by atoms with Crippen LogP contribution in [0.5, 0.6) is 5.75 Å². The fourth-order valence-electron chi connectivity index (χ4n) is 1.60. The molecule has 0 saturated heterocycles. The number of carbonyl (C=O) groups is 1. The molecule has 2 rings (SSSR count). The highest BCUT2D eigenvalue weighted by Crippen LogP contribution is 2.29. The van der Waals surface area contributed by atoms with E-state index in [2.05, 4.69) is 0 Å². The number of amides is 1. The van der Waals surface area contributed by atoms with Crippen LogP contribution >= 0.6 is 11.6 Å². The molecule has 3 N–H and O–H groups in total. The van der Waals surface area contributed by atoms with E-state index in [4.69, 9.17) is 26.6 Å². The first-order chi connectivity index (χ1) is 10.0. The maximum atomic E-state index is 11.4. The Kier molecular flexibility index (Phi) is 4.41. The van der Waals surface area contributed by atoms with E-state index < -0.39 is 10.8 Å². The molecule has 0 bridgehead atoms. The number of hydrogen-bond acceptors (Lipinski definition) is 6. The molecule has 9 heteroatoms. The Labute approximate surface area is 123 Å². The van der Waals surface area contributed by atoms with Gasteiger partial charge >= 0.3 is 0 Å². The highest BCUT2D eigenvalue weighted by Gasteiger charge is 2.15. The third kappa shape index (κ3) is 3.30. The number of hydrogen-bond donors (Lipinski definition) is 2. The van der Waals surface area contributed by atoms with E-state index in [0.29, 0.717) is 0 Å². The lowest BCUT2D eigenvalue weighted by atomic mass is 10.2. The fraction of sp³-hybridized carbons (Fsp3) is 0.0833. The monoisotopic (exact) mass is 311 g/mol. The SMILES string of the molecule is NNC(=O)c1ccoc1COc1ccc([N+](=O)[O-])cc1Cl. The molecule has 2 aromatic rings. The molecule has 0 radical (unpaired) electrons. The number of furan rings is 1. The summed E-state index contributed by atoms with van der Waals surface area (Å²) in [7, 11) is 0. The Bertz CT molecular complexity index is 685. The van der Waals surface area contributed by atoms with Crippen LogP contribution in [0.1, 0.15) is 16.1 Å². The lowest BCUT2D eigenvalue weighted by molar-refractivity contribution is -0.384. The predicted molar refractivity (Wildman–Crippen MR) is 72.8 cm³/mol. The number of nitrogens with one attached hydrogen (secondary N) is 1. The van der Waals surface area contributed by atoms with Crippen molar-refractivity contribution in [3.8, 4) is 5.75 Å². The van der Waals surface area contributed by atoms with Crippen molar-refractivity contribution in [2.75, 3.05) is 0 Å². The van der Waals surface area contributed by atoms with Gasteiger partial charge in [-0.3, -0.25) is 20.3 Å². The number of nitro groups is 1. The van der Waals surface area contributed by atoms with Gasteiger partial charge in [-0.1, -0.05) is 11.6 Å². The van der Waals surface area contributed by atoms with Crippen molar-refractivity contribution in [1.82, 2.24) is 5.43 Å². The lowest BCUT2D eigenvalue weighted by Crippen LogP contribution is -2.30. The van der Waals surface area contributed by atoms with Crippen molar-refractivity contribution in [3.05, 3.63) is 57.0 Å². The fourth-order valence-corrected chi connectivity index (χ4v) is 1.83. The summed E-state index contributed by atoms with van der Waals surface area (Å²) in [6.07, 6.45) is 1.32. The number of nitrogens with two attached hydrogens (primary N) is 1. The minimum atomic E-state index is -0.564. The van der Waals surface area contributed by atoms with Gasteiger partial charge in [0.2, 0.25) is 0 Å². The standard InChI is InChI=1S/C12H10ClN3O5/c13-9-5-7(16(18)19)1-2-10(9)21-6-11-8(3-4-20-11)12(17)15-14/h1-5H,6,14H2,(H,15,17). The molecular weight excluding hydrogens is 302 g/mol. The van der Waals surface area contributed by atoms with E-state index in [1.165, 1.54) is 30.5 Å². The second-order valence-corrected chi connectivity index (χ2v) is 4.30. The summed E-state index contributed by atoms with van der Waals surface area (Å²) >= 11 is 5.88. The Morgan fingerprint density at radius 3 is 2.86 bits per heavy atom. The Morgan fingerprint density at radius 1 is 1.48 bits per heavy atom. The van der Waals surface area contributed by atoms with Crippen LogP contribution in [0.25, 0.3) is 0 Å². The first-order valence-corrected chi connectivity index (χ1v) is 6.04. The molecule has 0 atom stereocenters. The molecule has 110 valence electrons. The number of benzene rings is 1. The largest absolute Gasteiger partial charge is 0.484 e. The Hall–Kier alpha value is -2.58. The molecule has 21 heavy (non-hydrogen) atoms. The van der Waals surface area contributed by atoms with Gasteiger partial charge in [0.15, 0.2) is 5.76 Å². The molecular formula is C12H10ClN3O5. The number of carbonyl (C=O) groups excluding carboxylic acids is 1. The van der Waals surface area contributed by atoms with E-state index in [1.807, 2.05) is 5.43 Å². The molecule has 1 aromatic heterocycles.